The lowest BCUT2D eigenvalue weighted by Crippen LogP contribution is -2.46. The summed E-state index contributed by atoms with van der Waals surface area (Å²) in [7, 11) is 0. The molecule has 1 saturated heterocycles. The van der Waals surface area contributed by atoms with Crippen LogP contribution in [0.4, 0.5) is 5.13 Å². The van der Waals surface area contributed by atoms with Gasteiger partial charge in [-0.05, 0) is 47.1 Å². The molecule has 0 amide bonds. The maximum absolute atomic E-state index is 12.7. The van der Waals surface area contributed by atoms with Crippen molar-refractivity contribution in [3.63, 3.8) is 0 Å². The molecule has 0 saturated carbocycles. The van der Waals surface area contributed by atoms with Crippen LogP contribution in [0.2, 0.25) is 5.02 Å². The fourth-order valence-electron chi connectivity index (χ4n) is 4.70. The molecule has 3 aromatic rings. The van der Waals surface area contributed by atoms with Gasteiger partial charge >= 0.3 is 0 Å². The van der Waals surface area contributed by atoms with Crippen LogP contribution in [0.15, 0.2) is 48.5 Å². The lowest BCUT2D eigenvalue weighted by Gasteiger charge is -2.35. The van der Waals surface area contributed by atoms with Crippen molar-refractivity contribution in [2.45, 2.75) is 39.2 Å². The van der Waals surface area contributed by atoms with Gasteiger partial charge in [-0.25, -0.2) is 4.98 Å². The maximum Gasteiger partial charge on any atom is 0.186 e. The van der Waals surface area contributed by atoms with Crippen molar-refractivity contribution in [2.24, 2.45) is 5.41 Å². The van der Waals surface area contributed by atoms with Crippen LogP contribution in [0.5, 0.6) is 0 Å². The van der Waals surface area contributed by atoms with Crippen molar-refractivity contribution >= 4 is 33.9 Å². The Morgan fingerprint density at radius 3 is 2.78 bits per heavy atom. The number of benzene rings is 2. The Kier molecular flexibility index (Phi) is 5.82. The summed E-state index contributed by atoms with van der Waals surface area (Å²) >= 11 is 7.61. The number of Topliss-reactive ketones (excluding diaryl/α,β-unsaturated/α-hetero) is 1. The van der Waals surface area contributed by atoms with E-state index in [4.69, 9.17) is 21.3 Å². The van der Waals surface area contributed by atoms with E-state index in [1.165, 1.54) is 11.1 Å². The maximum atomic E-state index is 12.7. The number of morpholine rings is 1. The Bertz CT molecular complexity index is 1140. The standard InChI is InChI=1S/C26H27ClN2O2S/c1-26(2)14-22-24(23(30)15-26)32-25(28-22)29-10-11-31-16-21(29)13-17-4-3-5-19(12-17)18-6-8-20(27)9-7-18/h3-9,12,21H,10-11,13-16H2,1-2H3/t21-/m0/s1. The molecule has 0 bridgehead atoms. The highest BCUT2D eigenvalue weighted by molar-refractivity contribution is 7.17. The van der Waals surface area contributed by atoms with Gasteiger partial charge in [0, 0.05) is 18.0 Å². The smallest absolute Gasteiger partial charge is 0.186 e. The summed E-state index contributed by atoms with van der Waals surface area (Å²) in [5.41, 5.74) is 4.56. The normalized spacial score (nSPS) is 20.3. The molecule has 6 heteroatoms. The molecule has 5 rings (SSSR count). The number of aromatic nitrogens is 1. The number of ether oxygens (including phenoxy) is 1. The van der Waals surface area contributed by atoms with Crippen LogP contribution in [0.25, 0.3) is 11.1 Å². The minimum absolute atomic E-state index is 0.0120. The molecule has 2 aliphatic rings. The van der Waals surface area contributed by atoms with E-state index in [0.717, 1.165) is 45.7 Å². The van der Waals surface area contributed by atoms with Gasteiger partial charge in [-0.3, -0.25) is 4.79 Å². The molecule has 0 spiro atoms. The Labute approximate surface area is 198 Å². The average molecular weight is 467 g/mol. The molecule has 1 fully saturated rings. The van der Waals surface area contributed by atoms with Gasteiger partial charge in [-0.2, -0.15) is 0 Å². The zero-order valence-electron chi connectivity index (χ0n) is 18.4. The Morgan fingerprint density at radius 2 is 1.97 bits per heavy atom. The predicted octanol–water partition coefficient (Wildman–Crippen LogP) is 6.07. The molecule has 0 unspecified atom stereocenters. The molecule has 2 heterocycles. The summed E-state index contributed by atoms with van der Waals surface area (Å²) in [6, 6.07) is 16.8. The van der Waals surface area contributed by atoms with Gasteiger partial charge in [0.25, 0.3) is 0 Å². The van der Waals surface area contributed by atoms with Crippen molar-refractivity contribution in [2.75, 3.05) is 24.7 Å². The fourth-order valence-corrected chi connectivity index (χ4v) is 5.94. The first-order valence-electron chi connectivity index (χ1n) is 11.1. The van der Waals surface area contributed by atoms with Gasteiger partial charge in [-0.15, -0.1) is 0 Å². The Balaban J connectivity index is 1.39. The molecular weight excluding hydrogens is 440 g/mol. The number of carbonyl (C=O) groups is 1. The molecule has 32 heavy (non-hydrogen) atoms. The van der Waals surface area contributed by atoms with E-state index < -0.39 is 0 Å². The van der Waals surface area contributed by atoms with Crippen molar-refractivity contribution in [1.29, 1.82) is 0 Å². The van der Waals surface area contributed by atoms with Gasteiger partial charge < -0.3 is 9.64 Å². The van der Waals surface area contributed by atoms with Crippen LogP contribution in [0, 0.1) is 5.41 Å². The molecule has 1 aromatic heterocycles. The third-order valence-corrected chi connectivity index (χ3v) is 7.70. The Hall–Kier alpha value is -2.21. The van der Waals surface area contributed by atoms with Crippen LogP contribution in [-0.4, -0.2) is 36.6 Å². The molecular formula is C26H27ClN2O2S. The average Bonchev–Trinajstić information content (AvgIpc) is 3.18. The van der Waals surface area contributed by atoms with Crippen LogP contribution >= 0.6 is 22.9 Å². The van der Waals surface area contributed by atoms with E-state index >= 15 is 0 Å². The van der Waals surface area contributed by atoms with Crippen molar-refractivity contribution in [3.05, 3.63) is 69.7 Å². The molecule has 4 nitrogen and oxygen atoms in total. The molecule has 2 aromatic carbocycles. The minimum atomic E-state index is -0.0120. The third-order valence-electron chi connectivity index (χ3n) is 6.27. The molecule has 1 aliphatic heterocycles. The summed E-state index contributed by atoms with van der Waals surface area (Å²) in [5.74, 6) is 0.237. The number of halogens is 1. The Morgan fingerprint density at radius 1 is 1.16 bits per heavy atom. The number of rotatable bonds is 4. The quantitative estimate of drug-likeness (QED) is 0.468. The van der Waals surface area contributed by atoms with Crippen LogP contribution in [0.3, 0.4) is 0 Å². The highest BCUT2D eigenvalue weighted by atomic mass is 35.5. The van der Waals surface area contributed by atoms with Gasteiger partial charge in [-0.1, -0.05) is 73.2 Å². The molecule has 1 atom stereocenters. The predicted molar refractivity (Wildman–Crippen MR) is 131 cm³/mol. The molecule has 166 valence electrons. The highest BCUT2D eigenvalue weighted by Crippen LogP contribution is 2.40. The number of thiazole rings is 1. The monoisotopic (exact) mass is 466 g/mol. The lowest BCUT2D eigenvalue weighted by molar-refractivity contribution is 0.0915. The molecule has 1 aliphatic carbocycles. The summed E-state index contributed by atoms with van der Waals surface area (Å²) < 4.78 is 5.84. The number of carbonyl (C=O) groups excluding carboxylic acids is 1. The van der Waals surface area contributed by atoms with Gasteiger partial charge in [0.05, 0.1) is 29.8 Å². The van der Waals surface area contributed by atoms with E-state index in [-0.39, 0.29) is 17.2 Å². The summed E-state index contributed by atoms with van der Waals surface area (Å²) in [5, 5.41) is 1.70. The first-order chi connectivity index (χ1) is 15.4. The van der Waals surface area contributed by atoms with Crippen molar-refractivity contribution in [1.82, 2.24) is 4.98 Å². The first-order valence-corrected chi connectivity index (χ1v) is 12.3. The minimum Gasteiger partial charge on any atom is -0.377 e. The summed E-state index contributed by atoms with van der Waals surface area (Å²) in [4.78, 5) is 20.8. The summed E-state index contributed by atoms with van der Waals surface area (Å²) in [6.45, 7) is 6.45. The second-order valence-electron chi connectivity index (χ2n) is 9.55. The van der Waals surface area contributed by atoms with E-state index in [1.54, 1.807) is 11.3 Å². The van der Waals surface area contributed by atoms with Gasteiger partial charge in [0.2, 0.25) is 0 Å². The van der Waals surface area contributed by atoms with Gasteiger partial charge in [0.1, 0.15) is 0 Å². The number of hydrogen-bond acceptors (Lipinski definition) is 5. The molecule has 0 N–H and O–H groups in total. The second-order valence-corrected chi connectivity index (χ2v) is 11.0. The number of fused-ring (bicyclic) bond motifs is 1. The van der Waals surface area contributed by atoms with Crippen molar-refractivity contribution in [3.8, 4) is 11.1 Å². The van der Waals surface area contributed by atoms with Crippen LogP contribution < -0.4 is 4.90 Å². The zero-order chi connectivity index (χ0) is 22.3. The van der Waals surface area contributed by atoms with Gasteiger partial charge in [0.15, 0.2) is 10.9 Å². The zero-order valence-corrected chi connectivity index (χ0v) is 20.0. The molecule has 0 radical (unpaired) electrons. The number of anilines is 1. The second kappa shape index (κ2) is 8.62. The number of nitrogens with zero attached hydrogens (tertiary/aromatic N) is 2. The van der Waals surface area contributed by atoms with E-state index in [2.05, 4.69) is 55.1 Å². The lowest BCUT2D eigenvalue weighted by atomic mass is 9.78. The highest BCUT2D eigenvalue weighted by Gasteiger charge is 2.36. The number of ketones is 1. The third kappa shape index (κ3) is 4.47. The van der Waals surface area contributed by atoms with E-state index in [0.29, 0.717) is 19.6 Å². The SMILES string of the molecule is CC1(C)CC(=O)c2sc(N3CCOC[C@@H]3Cc3cccc(-c4ccc(Cl)cc4)c3)nc2C1. The fraction of sp³-hybridized carbons (Fsp3) is 0.385. The number of hydrogen-bond donors (Lipinski definition) is 0. The van der Waals surface area contributed by atoms with Crippen LogP contribution in [0.1, 0.15) is 41.2 Å². The van der Waals surface area contributed by atoms with E-state index in [1.807, 2.05) is 12.1 Å². The first kappa shape index (κ1) is 21.6. The largest absolute Gasteiger partial charge is 0.377 e. The topological polar surface area (TPSA) is 42.4 Å². The van der Waals surface area contributed by atoms with Crippen LogP contribution in [-0.2, 0) is 17.6 Å². The van der Waals surface area contributed by atoms with Crippen molar-refractivity contribution < 1.29 is 9.53 Å². The summed E-state index contributed by atoms with van der Waals surface area (Å²) in [6.07, 6.45) is 2.33. The van der Waals surface area contributed by atoms with E-state index in [9.17, 15) is 4.79 Å².